The minimum atomic E-state index is 0.0801. The summed E-state index contributed by atoms with van der Waals surface area (Å²) in [7, 11) is 0. The van der Waals surface area contributed by atoms with Crippen LogP contribution in [0.5, 0.6) is 0 Å². The SMILES string of the molecule is Cc1ccccc1[C@H]1[C@H]2CN(c3nccs3)C[C@H]2CN1C(=O)c1cccnc1. The van der Waals surface area contributed by atoms with Crippen LogP contribution in [0.4, 0.5) is 5.13 Å². The van der Waals surface area contributed by atoms with Crippen molar-refractivity contribution in [3.05, 3.63) is 77.1 Å². The monoisotopic (exact) mass is 390 g/mol. The lowest BCUT2D eigenvalue weighted by Crippen LogP contribution is -2.36. The average molecular weight is 391 g/mol. The first-order valence-electron chi connectivity index (χ1n) is 9.63. The Hall–Kier alpha value is -2.73. The van der Waals surface area contributed by atoms with E-state index in [4.69, 9.17) is 0 Å². The van der Waals surface area contributed by atoms with E-state index in [9.17, 15) is 4.79 Å². The van der Waals surface area contributed by atoms with Gasteiger partial charge in [-0.15, -0.1) is 11.3 Å². The summed E-state index contributed by atoms with van der Waals surface area (Å²) in [4.78, 5) is 26.5. The molecule has 5 nitrogen and oxygen atoms in total. The molecule has 0 aliphatic carbocycles. The molecule has 2 aliphatic heterocycles. The predicted molar refractivity (Wildman–Crippen MR) is 111 cm³/mol. The Balaban J connectivity index is 1.51. The third-order valence-electron chi connectivity index (χ3n) is 6.03. The normalized spacial score (nSPS) is 23.8. The predicted octanol–water partition coefficient (Wildman–Crippen LogP) is 3.80. The van der Waals surface area contributed by atoms with Crippen LogP contribution >= 0.6 is 11.3 Å². The maximum Gasteiger partial charge on any atom is 0.255 e. The first-order chi connectivity index (χ1) is 13.7. The van der Waals surface area contributed by atoms with Crippen molar-refractivity contribution in [1.82, 2.24) is 14.9 Å². The smallest absolute Gasteiger partial charge is 0.255 e. The molecule has 0 radical (unpaired) electrons. The van der Waals surface area contributed by atoms with Crippen molar-refractivity contribution in [1.29, 1.82) is 0 Å². The number of carbonyl (C=O) groups is 1. The summed E-state index contributed by atoms with van der Waals surface area (Å²) in [5.41, 5.74) is 3.16. The summed E-state index contributed by atoms with van der Waals surface area (Å²) >= 11 is 1.69. The first-order valence-corrected chi connectivity index (χ1v) is 10.5. The Kier molecular flexibility index (Phi) is 4.36. The molecule has 3 atom stereocenters. The third-order valence-corrected chi connectivity index (χ3v) is 6.86. The molecule has 28 heavy (non-hydrogen) atoms. The third kappa shape index (κ3) is 2.88. The molecule has 2 fully saturated rings. The molecular weight excluding hydrogens is 368 g/mol. The summed E-state index contributed by atoms with van der Waals surface area (Å²) in [6, 6.07) is 12.2. The van der Waals surface area contributed by atoms with Gasteiger partial charge in [0.1, 0.15) is 0 Å². The molecule has 4 heterocycles. The van der Waals surface area contributed by atoms with Crippen molar-refractivity contribution in [2.45, 2.75) is 13.0 Å². The van der Waals surface area contributed by atoms with Crippen molar-refractivity contribution in [3.63, 3.8) is 0 Å². The quantitative estimate of drug-likeness (QED) is 0.683. The Morgan fingerprint density at radius 1 is 1.11 bits per heavy atom. The number of fused-ring (bicyclic) bond motifs is 1. The van der Waals surface area contributed by atoms with Crippen molar-refractivity contribution in [2.75, 3.05) is 24.5 Å². The van der Waals surface area contributed by atoms with Gasteiger partial charge in [-0.1, -0.05) is 24.3 Å². The van der Waals surface area contributed by atoms with Crippen LogP contribution in [0.3, 0.4) is 0 Å². The zero-order valence-electron chi connectivity index (χ0n) is 15.7. The van der Waals surface area contributed by atoms with Crippen LogP contribution in [0.2, 0.25) is 0 Å². The van der Waals surface area contributed by atoms with E-state index in [1.165, 1.54) is 11.1 Å². The Bertz CT molecular complexity index is 975. The molecule has 2 aromatic heterocycles. The number of pyridine rings is 1. The van der Waals surface area contributed by atoms with Gasteiger partial charge in [0.05, 0.1) is 11.6 Å². The highest BCUT2D eigenvalue weighted by Gasteiger charge is 2.50. The van der Waals surface area contributed by atoms with Crippen molar-refractivity contribution in [3.8, 4) is 0 Å². The lowest BCUT2D eigenvalue weighted by atomic mass is 9.87. The first kappa shape index (κ1) is 17.4. The van der Waals surface area contributed by atoms with Crippen molar-refractivity contribution < 1.29 is 4.79 Å². The van der Waals surface area contributed by atoms with Gasteiger partial charge in [0, 0.05) is 55.4 Å². The highest BCUT2D eigenvalue weighted by atomic mass is 32.1. The standard InChI is InChI=1S/C22H22N4OS/c1-15-5-2-3-7-18(15)20-19-14-25(22-24-9-10-28-22)12-17(19)13-26(20)21(27)16-6-4-8-23-11-16/h2-11,17,19-20H,12-14H2,1H3/t17-,19-,20-/m0/s1. The van der Waals surface area contributed by atoms with Crippen LogP contribution in [0, 0.1) is 18.8 Å². The molecule has 1 aromatic carbocycles. The highest BCUT2D eigenvalue weighted by molar-refractivity contribution is 7.13. The summed E-state index contributed by atoms with van der Waals surface area (Å²) in [5, 5.41) is 3.11. The molecule has 0 N–H and O–H groups in total. The van der Waals surface area contributed by atoms with Gasteiger partial charge in [0.2, 0.25) is 0 Å². The van der Waals surface area contributed by atoms with Gasteiger partial charge in [-0.2, -0.15) is 0 Å². The molecule has 142 valence electrons. The van der Waals surface area contributed by atoms with E-state index in [-0.39, 0.29) is 11.9 Å². The van der Waals surface area contributed by atoms with Gasteiger partial charge in [-0.3, -0.25) is 9.78 Å². The number of thiazole rings is 1. The number of amides is 1. The number of carbonyl (C=O) groups excluding carboxylic acids is 1. The van der Waals surface area contributed by atoms with Crippen LogP contribution in [0.25, 0.3) is 0 Å². The highest BCUT2D eigenvalue weighted by Crippen LogP contribution is 2.47. The van der Waals surface area contributed by atoms with Crippen molar-refractivity contribution in [2.24, 2.45) is 11.8 Å². The second-order valence-electron chi connectivity index (χ2n) is 7.64. The lowest BCUT2D eigenvalue weighted by molar-refractivity contribution is 0.0715. The zero-order valence-corrected chi connectivity index (χ0v) is 16.5. The average Bonchev–Trinajstić information content (AvgIpc) is 3.44. The fraction of sp³-hybridized carbons (Fsp3) is 0.318. The summed E-state index contributed by atoms with van der Waals surface area (Å²) in [6.45, 7) is 4.81. The van der Waals surface area contributed by atoms with Gasteiger partial charge in [0.15, 0.2) is 5.13 Å². The summed E-state index contributed by atoms with van der Waals surface area (Å²) in [5.74, 6) is 0.941. The van der Waals surface area contributed by atoms with Crippen LogP contribution in [-0.4, -0.2) is 40.4 Å². The van der Waals surface area contributed by atoms with Crippen LogP contribution in [-0.2, 0) is 0 Å². The van der Waals surface area contributed by atoms with Gasteiger partial charge in [0.25, 0.3) is 5.91 Å². The van der Waals surface area contributed by atoms with E-state index in [0.717, 1.165) is 24.8 Å². The lowest BCUT2D eigenvalue weighted by Gasteiger charge is -2.31. The van der Waals surface area contributed by atoms with E-state index >= 15 is 0 Å². The molecule has 3 aromatic rings. The number of anilines is 1. The maximum atomic E-state index is 13.3. The summed E-state index contributed by atoms with van der Waals surface area (Å²) < 4.78 is 0. The molecular formula is C22H22N4OS. The van der Waals surface area contributed by atoms with E-state index in [1.54, 1.807) is 23.7 Å². The van der Waals surface area contributed by atoms with E-state index in [0.29, 0.717) is 17.4 Å². The minimum absolute atomic E-state index is 0.0801. The van der Waals surface area contributed by atoms with Crippen molar-refractivity contribution >= 4 is 22.4 Å². The largest absolute Gasteiger partial charge is 0.347 e. The molecule has 2 aliphatic rings. The minimum Gasteiger partial charge on any atom is -0.347 e. The molecule has 2 saturated heterocycles. The maximum absolute atomic E-state index is 13.3. The van der Waals surface area contributed by atoms with Crippen LogP contribution < -0.4 is 4.90 Å². The Morgan fingerprint density at radius 2 is 2.00 bits per heavy atom. The number of benzene rings is 1. The zero-order chi connectivity index (χ0) is 19.1. The van der Waals surface area contributed by atoms with Crippen LogP contribution in [0.15, 0.2) is 60.4 Å². The molecule has 6 heteroatoms. The topological polar surface area (TPSA) is 49.3 Å². The van der Waals surface area contributed by atoms with Gasteiger partial charge < -0.3 is 9.80 Å². The Morgan fingerprint density at radius 3 is 2.75 bits per heavy atom. The van der Waals surface area contributed by atoms with Gasteiger partial charge >= 0.3 is 0 Å². The van der Waals surface area contributed by atoms with E-state index in [2.05, 4.69) is 51.0 Å². The molecule has 0 spiro atoms. The molecule has 1 amide bonds. The van der Waals surface area contributed by atoms with Gasteiger partial charge in [-0.25, -0.2) is 4.98 Å². The van der Waals surface area contributed by atoms with Crippen LogP contribution in [0.1, 0.15) is 27.5 Å². The number of likely N-dealkylation sites (tertiary alicyclic amines) is 1. The number of aryl methyl sites for hydroxylation is 1. The number of nitrogens with zero attached hydrogens (tertiary/aromatic N) is 4. The number of rotatable bonds is 3. The number of hydrogen-bond donors (Lipinski definition) is 0. The molecule has 0 bridgehead atoms. The fourth-order valence-corrected chi connectivity index (χ4v) is 5.42. The van der Waals surface area contributed by atoms with E-state index in [1.807, 2.05) is 23.7 Å². The summed E-state index contributed by atoms with van der Waals surface area (Å²) in [6.07, 6.45) is 5.25. The molecule has 5 rings (SSSR count). The van der Waals surface area contributed by atoms with Gasteiger partial charge in [-0.05, 0) is 30.2 Å². The number of hydrogen-bond acceptors (Lipinski definition) is 5. The Labute approximate surface area is 168 Å². The fourth-order valence-electron chi connectivity index (χ4n) is 4.75. The molecule has 0 unspecified atom stereocenters. The number of aromatic nitrogens is 2. The molecule has 0 saturated carbocycles. The second-order valence-corrected chi connectivity index (χ2v) is 8.52. The van der Waals surface area contributed by atoms with E-state index < -0.39 is 0 Å². The second kappa shape index (κ2) is 7.02.